The van der Waals surface area contributed by atoms with E-state index in [1.807, 2.05) is 60.7 Å². The highest BCUT2D eigenvalue weighted by molar-refractivity contribution is 5.68. The van der Waals surface area contributed by atoms with E-state index in [0.29, 0.717) is 19.6 Å². The first-order valence-electron chi connectivity index (χ1n) is 9.57. The van der Waals surface area contributed by atoms with E-state index in [1.165, 1.54) is 0 Å². The molecule has 0 spiro atoms. The van der Waals surface area contributed by atoms with Gasteiger partial charge in [-0.3, -0.25) is 4.90 Å². The van der Waals surface area contributed by atoms with Gasteiger partial charge in [-0.2, -0.15) is 0 Å². The zero-order valence-electron chi connectivity index (χ0n) is 15.9. The van der Waals surface area contributed by atoms with E-state index in [-0.39, 0.29) is 30.9 Å². The van der Waals surface area contributed by atoms with Gasteiger partial charge in [0.05, 0.1) is 12.7 Å². The highest BCUT2D eigenvalue weighted by Gasteiger charge is 2.53. The van der Waals surface area contributed by atoms with Gasteiger partial charge >= 0.3 is 6.09 Å². The Morgan fingerprint density at radius 2 is 1.68 bits per heavy atom. The summed E-state index contributed by atoms with van der Waals surface area (Å²) in [6.45, 7) is 1.26. The van der Waals surface area contributed by atoms with Crippen molar-refractivity contribution >= 4 is 6.09 Å². The first-order valence-corrected chi connectivity index (χ1v) is 9.57. The zero-order valence-corrected chi connectivity index (χ0v) is 15.9. The quantitative estimate of drug-likeness (QED) is 0.766. The Hall–Kier alpha value is -2.41. The molecule has 2 heterocycles. The van der Waals surface area contributed by atoms with E-state index in [1.54, 1.807) is 12.0 Å². The van der Waals surface area contributed by atoms with Crippen molar-refractivity contribution in [1.82, 2.24) is 4.90 Å². The lowest BCUT2D eigenvalue weighted by Crippen LogP contribution is -2.55. The van der Waals surface area contributed by atoms with E-state index in [9.17, 15) is 4.79 Å². The molecule has 0 radical (unpaired) electrons. The topological polar surface area (TPSA) is 57.2 Å². The molecule has 6 nitrogen and oxygen atoms in total. The Balaban J connectivity index is 1.43. The van der Waals surface area contributed by atoms with E-state index >= 15 is 0 Å². The van der Waals surface area contributed by atoms with E-state index in [0.717, 1.165) is 11.1 Å². The van der Waals surface area contributed by atoms with Crippen LogP contribution in [0.4, 0.5) is 4.79 Å². The molecule has 2 saturated heterocycles. The number of carbonyl (C=O) groups is 1. The van der Waals surface area contributed by atoms with Crippen LogP contribution >= 0.6 is 0 Å². The molecule has 0 aliphatic carbocycles. The predicted molar refractivity (Wildman–Crippen MR) is 102 cm³/mol. The summed E-state index contributed by atoms with van der Waals surface area (Å²) in [6, 6.07) is 19.3. The molecule has 2 aliphatic rings. The van der Waals surface area contributed by atoms with Crippen LogP contribution in [-0.2, 0) is 32.2 Å². The van der Waals surface area contributed by atoms with Crippen LogP contribution in [0, 0.1) is 0 Å². The third kappa shape index (κ3) is 4.04. The molecule has 2 aromatic rings. The lowest BCUT2D eigenvalue weighted by Gasteiger charge is -2.37. The van der Waals surface area contributed by atoms with Crippen LogP contribution in [-0.4, -0.2) is 49.2 Å². The van der Waals surface area contributed by atoms with Gasteiger partial charge in [-0.15, -0.1) is 0 Å². The van der Waals surface area contributed by atoms with E-state index in [4.69, 9.17) is 18.9 Å². The highest BCUT2D eigenvalue weighted by Crippen LogP contribution is 2.36. The lowest BCUT2D eigenvalue weighted by atomic mass is 9.99. The average molecular weight is 383 g/mol. The van der Waals surface area contributed by atoms with Crippen LogP contribution in [0.2, 0.25) is 0 Å². The number of fused-ring (bicyclic) bond motifs is 2. The zero-order chi connectivity index (χ0) is 19.3. The van der Waals surface area contributed by atoms with Gasteiger partial charge < -0.3 is 18.9 Å². The third-order valence-corrected chi connectivity index (χ3v) is 5.26. The molecule has 2 bridgehead atoms. The molecule has 1 amide bonds. The van der Waals surface area contributed by atoms with Gasteiger partial charge in [0.15, 0.2) is 6.29 Å². The van der Waals surface area contributed by atoms with Gasteiger partial charge in [0, 0.05) is 13.7 Å². The number of likely N-dealkylation sites (tertiary alicyclic amines) is 1. The van der Waals surface area contributed by atoms with Crippen molar-refractivity contribution in [2.45, 2.75) is 44.2 Å². The normalized spacial score (nSPS) is 26.2. The number of piperidine rings is 1. The Morgan fingerprint density at radius 1 is 1.04 bits per heavy atom. The maximum absolute atomic E-state index is 12.8. The van der Waals surface area contributed by atoms with E-state index < -0.39 is 6.29 Å². The second-order valence-electron chi connectivity index (χ2n) is 7.05. The second kappa shape index (κ2) is 8.73. The Labute approximate surface area is 165 Å². The molecule has 2 aromatic carbocycles. The molecule has 1 unspecified atom stereocenters. The molecule has 0 aromatic heterocycles. The summed E-state index contributed by atoms with van der Waals surface area (Å²) in [4.78, 5) is 14.5. The minimum absolute atomic E-state index is 0.0863. The molecule has 28 heavy (non-hydrogen) atoms. The fourth-order valence-electron chi connectivity index (χ4n) is 3.86. The summed E-state index contributed by atoms with van der Waals surface area (Å²) >= 11 is 0. The molecule has 6 heteroatoms. The fraction of sp³-hybridized carbons (Fsp3) is 0.409. The highest BCUT2D eigenvalue weighted by atomic mass is 16.7. The largest absolute Gasteiger partial charge is 0.445 e. The van der Waals surface area contributed by atoms with E-state index in [2.05, 4.69) is 0 Å². The molecule has 0 saturated carbocycles. The van der Waals surface area contributed by atoms with Crippen molar-refractivity contribution in [2.75, 3.05) is 13.7 Å². The fourth-order valence-corrected chi connectivity index (χ4v) is 3.86. The van der Waals surface area contributed by atoms with Crippen LogP contribution in [0.15, 0.2) is 60.7 Å². The Bertz CT molecular complexity index is 769. The number of benzene rings is 2. The van der Waals surface area contributed by atoms with Gasteiger partial charge in [0.2, 0.25) is 0 Å². The molecular weight excluding hydrogens is 358 g/mol. The predicted octanol–water partition coefficient (Wildman–Crippen LogP) is 3.35. The van der Waals surface area contributed by atoms with Gasteiger partial charge in [0.25, 0.3) is 0 Å². The Morgan fingerprint density at radius 3 is 2.32 bits per heavy atom. The van der Waals surface area contributed by atoms with Crippen molar-refractivity contribution in [3.8, 4) is 0 Å². The smallest absolute Gasteiger partial charge is 0.410 e. The number of carbonyl (C=O) groups excluding carboxylic acids is 1. The Kier molecular flexibility index (Phi) is 5.90. The molecule has 0 N–H and O–H groups in total. The SMILES string of the molecule is COC1O[C@@H]2CCN(C(=O)OCc3ccccc3)[C@H]1[C@H]2OCc1ccccc1. The second-order valence-corrected chi connectivity index (χ2v) is 7.05. The maximum Gasteiger partial charge on any atom is 0.410 e. The number of hydrogen-bond acceptors (Lipinski definition) is 5. The molecule has 2 fully saturated rings. The van der Waals surface area contributed by atoms with Crippen molar-refractivity contribution in [3.05, 3.63) is 71.8 Å². The number of methoxy groups -OCH3 is 1. The third-order valence-electron chi connectivity index (χ3n) is 5.26. The molecule has 4 rings (SSSR count). The summed E-state index contributed by atoms with van der Waals surface area (Å²) in [5.41, 5.74) is 2.04. The minimum atomic E-state index is -0.516. The maximum atomic E-state index is 12.8. The molecule has 4 atom stereocenters. The van der Waals surface area contributed by atoms with Gasteiger partial charge in [0.1, 0.15) is 18.8 Å². The standard InChI is InChI=1S/C22H25NO5/c1-25-21-19-20(26-14-16-8-4-2-5-9-16)18(28-21)12-13-23(19)22(24)27-15-17-10-6-3-7-11-17/h2-11,18-21H,12-15H2,1H3/t18-,19+,20+,21?/m1/s1. The first kappa shape index (κ1) is 18.9. The molecule has 148 valence electrons. The van der Waals surface area contributed by atoms with Gasteiger partial charge in [-0.25, -0.2) is 4.79 Å². The van der Waals surface area contributed by atoms with Crippen LogP contribution in [0.1, 0.15) is 17.5 Å². The lowest BCUT2D eigenvalue weighted by molar-refractivity contribution is -0.124. The first-order chi connectivity index (χ1) is 13.8. The van der Waals surface area contributed by atoms with Crippen molar-refractivity contribution in [1.29, 1.82) is 0 Å². The minimum Gasteiger partial charge on any atom is -0.445 e. The summed E-state index contributed by atoms with van der Waals surface area (Å²) in [6.07, 6.45) is -0.526. The van der Waals surface area contributed by atoms with Crippen LogP contribution in [0.5, 0.6) is 0 Å². The number of nitrogens with zero attached hydrogens (tertiary/aromatic N) is 1. The molecule has 2 aliphatic heterocycles. The number of hydrogen-bond donors (Lipinski definition) is 0. The number of rotatable bonds is 6. The van der Waals surface area contributed by atoms with Crippen LogP contribution < -0.4 is 0 Å². The van der Waals surface area contributed by atoms with Gasteiger partial charge in [-0.1, -0.05) is 60.7 Å². The summed E-state index contributed by atoms with van der Waals surface area (Å²) < 4.78 is 23.2. The monoisotopic (exact) mass is 383 g/mol. The summed E-state index contributed by atoms with van der Waals surface area (Å²) in [5, 5.41) is 0. The van der Waals surface area contributed by atoms with Crippen molar-refractivity contribution in [3.63, 3.8) is 0 Å². The van der Waals surface area contributed by atoms with Crippen molar-refractivity contribution < 1.29 is 23.7 Å². The average Bonchev–Trinajstić information content (AvgIpc) is 2.98. The van der Waals surface area contributed by atoms with Gasteiger partial charge in [-0.05, 0) is 17.5 Å². The summed E-state index contributed by atoms with van der Waals surface area (Å²) in [5.74, 6) is 0. The van der Waals surface area contributed by atoms with Crippen LogP contribution in [0.25, 0.3) is 0 Å². The van der Waals surface area contributed by atoms with Crippen molar-refractivity contribution in [2.24, 2.45) is 0 Å². The number of amides is 1. The van der Waals surface area contributed by atoms with Crippen LogP contribution in [0.3, 0.4) is 0 Å². The summed E-state index contributed by atoms with van der Waals surface area (Å²) in [7, 11) is 1.59. The molecular formula is C22H25NO5. The number of ether oxygens (including phenoxy) is 4.